The van der Waals surface area contributed by atoms with Gasteiger partial charge in [-0.15, -0.1) is 0 Å². The Labute approximate surface area is 157 Å². The number of aromatic hydroxyl groups is 2. The maximum atomic E-state index is 11.0. The van der Waals surface area contributed by atoms with E-state index in [0.717, 1.165) is 33.4 Å². The van der Waals surface area contributed by atoms with Crippen LogP contribution in [0.15, 0.2) is 84.9 Å². The van der Waals surface area contributed by atoms with Crippen molar-refractivity contribution in [1.29, 1.82) is 0 Å². The van der Waals surface area contributed by atoms with Gasteiger partial charge in [0.05, 0.1) is 5.41 Å². The van der Waals surface area contributed by atoms with Crippen LogP contribution in [0.3, 0.4) is 0 Å². The SMILES string of the molecule is Oc1ccc2c(c1O)C1(c3ccccc3-c3ccccc31)c1ccccc1-2. The molecule has 0 amide bonds. The molecule has 6 rings (SSSR count). The minimum absolute atomic E-state index is 0.0322. The lowest BCUT2D eigenvalue weighted by Crippen LogP contribution is -2.25. The van der Waals surface area contributed by atoms with Crippen LogP contribution in [0.4, 0.5) is 0 Å². The second-order valence-electron chi connectivity index (χ2n) is 7.24. The van der Waals surface area contributed by atoms with Crippen molar-refractivity contribution < 1.29 is 10.2 Å². The van der Waals surface area contributed by atoms with Crippen LogP contribution in [-0.2, 0) is 5.41 Å². The molecule has 0 bridgehead atoms. The van der Waals surface area contributed by atoms with Crippen molar-refractivity contribution in [2.45, 2.75) is 5.41 Å². The average molecular weight is 348 g/mol. The molecular weight excluding hydrogens is 332 g/mol. The molecule has 0 saturated carbocycles. The summed E-state index contributed by atoms with van der Waals surface area (Å²) in [5.74, 6) is -0.113. The summed E-state index contributed by atoms with van der Waals surface area (Å²) in [6, 6.07) is 28.6. The summed E-state index contributed by atoms with van der Waals surface area (Å²) in [5, 5.41) is 21.4. The first-order valence-electron chi connectivity index (χ1n) is 9.09. The number of hydrogen-bond acceptors (Lipinski definition) is 2. The summed E-state index contributed by atoms with van der Waals surface area (Å²) in [6.07, 6.45) is 0. The highest BCUT2D eigenvalue weighted by Crippen LogP contribution is 2.65. The van der Waals surface area contributed by atoms with Crippen LogP contribution in [0.25, 0.3) is 22.3 Å². The van der Waals surface area contributed by atoms with Gasteiger partial charge < -0.3 is 10.2 Å². The van der Waals surface area contributed by atoms with Gasteiger partial charge in [0.2, 0.25) is 0 Å². The highest BCUT2D eigenvalue weighted by molar-refractivity contribution is 5.96. The minimum Gasteiger partial charge on any atom is -0.504 e. The van der Waals surface area contributed by atoms with Gasteiger partial charge in [-0.2, -0.15) is 0 Å². The van der Waals surface area contributed by atoms with Crippen molar-refractivity contribution in [2.24, 2.45) is 0 Å². The minimum atomic E-state index is -0.609. The molecule has 2 aliphatic carbocycles. The molecule has 4 aromatic carbocycles. The molecular formula is C25H16O2. The van der Waals surface area contributed by atoms with Gasteiger partial charge in [-0.25, -0.2) is 0 Å². The van der Waals surface area contributed by atoms with Crippen molar-refractivity contribution in [3.05, 3.63) is 107 Å². The predicted molar refractivity (Wildman–Crippen MR) is 106 cm³/mol. The summed E-state index contributed by atoms with van der Waals surface area (Å²) < 4.78 is 0. The zero-order valence-corrected chi connectivity index (χ0v) is 14.5. The second kappa shape index (κ2) is 4.80. The van der Waals surface area contributed by atoms with E-state index in [2.05, 4.69) is 48.5 Å². The summed E-state index contributed by atoms with van der Waals surface area (Å²) in [4.78, 5) is 0. The molecule has 0 aliphatic heterocycles. The molecule has 0 heterocycles. The summed E-state index contributed by atoms with van der Waals surface area (Å²) in [7, 11) is 0. The fourth-order valence-electron chi connectivity index (χ4n) is 5.16. The van der Waals surface area contributed by atoms with Gasteiger partial charge in [-0.1, -0.05) is 78.9 Å². The zero-order chi connectivity index (χ0) is 18.2. The largest absolute Gasteiger partial charge is 0.504 e. The molecule has 2 nitrogen and oxygen atoms in total. The normalized spacial score (nSPS) is 14.5. The van der Waals surface area contributed by atoms with Crippen LogP contribution in [0, 0.1) is 0 Å². The van der Waals surface area contributed by atoms with E-state index >= 15 is 0 Å². The number of fused-ring (bicyclic) bond motifs is 10. The van der Waals surface area contributed by atoms with Crippen molar-refractivity contribution >= 4 is 0 Å². The maximum Gasteiger partial charge on any atom is 0.162 e. The molecule has 2 N–H and O–H groups in total. The Bertz CT molecular complexity index is 1190. The van der Waals surface area contributed by atoms with Crippen molar-refractivity contribution in [1.82, 2.24) is 0 Å². The molecule has 1 spiro atoms. The Morgan fingerprint density at radius 3 is 1.44 bits per heavy atom. The molecule has 0 aromatic heterocycles. The number of phenols is 2. The standard InChI is InChI=1S/C25H16O2/c26-22-14-13-18-17-9-3-6-12-21(17)25(23(18)24(22)27)19-10-4-1-7-15(19)16-8-2-5-11-20(16)25/h1-14,26-27H. The fraction of sp³-hybridized carbons (Fsp3) is 0.0400. The quantitative estimate of drug-likeness (QED) is 0.359. The lowest BCUT2D eigenvalue weighted by molar-refractivity contribution is 0.397. The third-order valence-corrected chi connectivity index (χ3v) is 6.11. The van der Waals surface area contributed by atoms with Crippen molar-refractivity contribution in [2.75, 3.05) is 0 Å². The summed E-state index contributed by atoms with van der Waals surface area (Å²) in [5.41, 5.74) is 8.07. The van der Waals surface area contributed by atoms with Gasteiger partial charge >= 0.3 is 0 Å². The van der Waals surface area contributed by atoms with Crippen LogP contribution in [0.2, 0.25) is 0 Å². The predicted octanol–water partition coefficient (Wildman–Crippen LogP) is 5.44. The number of benzene rings is 4. The van der Waals surface area contributed by atoms with Crippen LogP contribution >= 0.6 is 0 Å². The van der Waals surface area contributed by atoms with Gasteiger partial charge in [0, 0.05) is 5.56 Å². The first-order valence-corrected chi connectivity index (χ1v) is 9.09. The average Bonchev–Trinajstić information content (AvgIpc) is 3.18. The van der Waals surface area contributed by atoms with E-state index in [1.165, 1.54) is 11.1 Å². The Morgan fingerprint density at radius 2 is 0.926 bits per heavy atom. The highest BCUT2D eigenvalue weighted by Gasteiger charge is 2.53. The van der Waals surface area contributed by atoms with Crippen LogP contribution in [0.1, 0.15) is 22.3 Å². The third kappa shape index (κ3) is 1.53. The Kier molecular flexibility index (Phi) is 2.60. The first-order chi connectivity index (χ1) is 13.2. The van der Waals surface area contributed by atoms with Crippen LogP contribution < -0.4 is 0 Å². The highest BCUT2D eigenvalue weighted by atomic mass is 16.3. The van der Waals surface area contributed by atoms with Gasteiger partial charge in [0.15, 0.2) is 11.5 Å². The van der Waals surface area contributed by atoms with Gasteiger partial charge in [0.1, 0.15) is 0 Å². The topological polar surface area (TPSA) is 40.5 Å². The monoisotopic (exact) mass is 348 g/mol. The molecule has 2 aliphatic rings. The summed E-state index contributed by atoms with van der Waals surface area (Å²) in [6.45, 7) is 0. The van der Waals surface area contributed by atoms with E-state index in [9.17, 15) is 10.2 Å². The molecule has 27 heavy (non-hydrogen) atoms. The number of rotatable bonds is 0. The second-order valence-corrected chi connectivity index (χ2v) is 7.24. The lowest BCUT2D eigenvalue weighted by atomic mass is 9.70. The molecule has 0 atom stereocenters. The Balaban J connectivity index is 1.90. The molecule has 0 saturated heterocycles. The number of phenolic OH excluding ortho intramolecular Hbond substituents is 2. The zero-order valence-electron chi connectivity index (χ0n) is 14.5. The van der Waals surface area contributed by atoms with Crippen molar-refractivity contribution in [3.8, 4) is 33.8 Å². The lowest BCUT2D eigenvalue weighted by Gasteiger charge is -2.30. The van der Waals surface area contributed by atoms with Crippen LogP contribution in [-0.4, -0.2) is 10.2 Å². The Morgan fingerprint density at radius 1 is 0.481 bits per heavy atom. The van der Waals surface area contributed by atoms with Crippen LogP contribution in [0.5, 0.6) is 11.5 Å². The molecule has 2 heteroatoms. The smallest absolute Gasteiger partial charge is 0.162 e. The molecule has 128 valence electrons. The number of hydrogen-bond donors (Lipinski definition) is 2. The Hall–Kier alpha value is -3.52. The van der Waals surface area contributed by atoms with E-state index in [0.29, 0.717) is 0 Å². The van der Waals surface area contributed by atoms with Gasteiger partial charge in [0.25, 0.3) is 0 Å². The first kappa shape index (κ1) is 14.6. The van der Waals surface area contributed by atoms with E-state index in [1.807, 2.05) is 30.3 Å². The third-order valence-electron chi connectivity index (χ3n) is 6.11. The molecule has 0 unspecified atom stereocenters. The van der Waals surface area contributed by atoms with Gasteiger partial charge in [-0.3, -0.25) is 0 Å². The van der Waals surface area contributed by atoms with E-state index < -0.39 is 5.41 Å². The molecule has 0 fully saturated rings. The van der Waals surface area contributed by atoms with E-state index in [1.54, 1.807) is 6.07 Å². The molecule has 4 aromatic rings. The van der Waals surface area contributed by atoms with Crippen molar-refractivity contribution in [3.63, 3.8) is 0 Å². The van der Waals surface area contributed by atoms with E-state index in [-0.39, 0.29) is 11.5 Å². The van der Waals surface area contributed by atoms with E-state index in [4.69, 9.17) is 0 Å². The maximum absolute atomic E-state index is 11.0. The fourth-order valence-corrected chi connectivity index (χ4v) is 5.16. The molecule has 0 radical (unpaired) electrons. The summed E-state index contributed by atoms with van der Waals surface area (Å²) >= 11 is 0. The van der Waals surface area contributed by atoms with Gasteiger partial charge in [-0.05, 0) is 45.0 Å².